The molecule has 2 bridgehead atoms. The summed E-state index contributed by atoms with van der Waals surface area (Å²) in [6.07, 6.45) is 6.18. The second kappa shape index (κ2) is 5.78. The van der Waals surface area contributed by atoms with E-state index in [1.165, 1.54) is 0 Å². The minimum Gasteiger partial charge on any atom is -0.497 e. The molecule has 2 aliphatic heterocycles. The fourth-order valence-corrected chi connectivity index (χ4v) is 3.81. The monoisotopic (exact) mass is 325 g/mol. The maximum Gasteiger partial charge on any atom is 0.254 e. The van der Waals surface area contributed by atoms with Crippen LogP contribution < -0.4 is 9.47 Å². The van der Waals surface area contributed by atoms with Crippen molar-refractivity contribution in [3.63, 3.8) is 0 Å². The van der Waals surface area contributed by atoms with Crippen molar-refractivity contribution in [1.82, 2.24) is 14.9 Å². The van der Waals surface area contributed by atoms with Gasteiger partial charge in [-0.1, -0.05) is 0 Å². The van der Waals surface area contributed by atoms with E-state index in [2.05, 4.69) is 9.97 Å². The number of hydrogen-bond acceptors (Lipinski definition) is 5. The summed E-state index contributed by atoms with van der Waals surface area (Å²) < 4.78 is 10.6. The Labute approximate surface area is 140 Å². The molecule has 1 aromatic heterocycles. The van der Waals surface area contributed by atoms with Crippen LogP contribution in [0.4, 0.5) is 0 Å². The van der Waals surface area contributed by atoms with E-state index in [0.717, 1.165) is 30.5 Å². The lowest BCUT2D eigenvalue weighted by Gasteiger charge is -2.35. The largest absolute Gasteiger partial charge is 0.497 e. The first kappa shape index (κ1) is 14.9. The highest BCUT2D eigenvalue weighted by molar-refractivity contribution is 5.96. The summed E-state index contributed by atoms with van der Waals surface area (Å²) >= 11 is 0. The second-order valence-electron chi connectivity index (χ2n) is 6.19. The molecule has 2 aromatic rings. The first-order valence-corrected chi connectivity index (χ1v) is 8.05. The lowest BCUT2D eigenvalue weighted by atomic mass is 9.98. The molecule has 1 aromatic carbocycles. The molecule has 2 unspecified atom stereocenters. The van der Waals surface area contributed by atoms with Gasteiger partial charge >= 0.3 is 0 Å². The molecule has 2 atom stereocenters. The molecule has 0 spiro atoms. The maximum absolute atomic E-state index is 13.2. The van der Waals surface area contributed by atoms with Gasteiger partial charge in [-0.2, -0.15) is 0 Å². The van der Waals surface area contributed by atoms with E-state index < -0.39 is 0 Å². The zero-order chi connectivity index (χ0) is 16.7. The summed E-state index contributed by atoms with van der Waals surface area (Å²) in [6, 6.07) is 5.56. The van der Waals surface area contributed by atoms with E-state index in [1.807, 2.05) is 11.1 Å². The molecule has 124 valence electrons. The molecule has 2 aliphatic rings. The molecule has 6 nitrogen and oxygen atoms in total. The van der Waals surface area contributed by atoms with Crippen molar-refractivity contribution >= 4 is 5.91 Å². The molecule has 0 radical (unpaired) electrons. The molecule has 3 heterocycles. The van der Waals surface area contributed by atoms with Crippen molar-refractivity contribution in [3.05, 3.63) is 47.5 Å². The Kier molecular flexibility index (Phi) is 3.59. The van der Waals surface area contributed by atoms with Gasteiger partial charge in [-0.05, 0) is 25.0 Å². The van der Waals surface area contributed by atoms with Gasteiger partial charge in [0.05, 0.1) is 26.0 Å². The lowest BCUT2D eigenvalue weighted by molar-refractivity contribution is 0.0643. The number of carbonyl (C=O) groups is 1. The average Bonchev–Trinajstić information content (AvgIpc) is 2.95. The van der Waals surface area contributed by atoms with E-state index in [-0.39, 0.29) is 18.0 Å². The van der Waals surface area contributed by atoms with Gasteiger partial charge in [0.25, 0.3) is 5.91 Å². The number of fused-ring (bicyclic) bond motifs is 4. The number of nitrogens with zero attached hydrogens (tertiary/aromatic N) is 3. The first-order chi connectivity index (χ1) is 11.7. The molecule has 24 heavy (non-hydrogen) atoms. The molecule has 0 aliphatic carbocycles. The van der Waals surface area contributed by atoms with E-state index in [0.29, 0.717) is 17.1 Å². The third kappa shape index (κ3) is 2.29. The van der Waals surface area contributed by atoms with Crippen LogP contribution in [0.1, 0.15) is 40.5 Å². The standard InChI is InChI=1S/C18H19N3O3/c1-23-13-5-11(6-14(8-13)24-2)18(22)21-12-3-4-17(21)15-9-19-10-20-16(15)7-12/h5-6,8-10,12,17H,3-4,7H2,1-2H3. The van der Waals surface area contributed by atoms with Crippen LogP contribution in [0.5, 0.6) is 11.5 Å². The number of aromatic nitrogens is 2. The van der Waals surface area contributed by atoms with Gasteiger partial charge in [0.2, 0.25) is 0 Å². The van der Waals surface area contributed by atoms with Crippen LogP contribution in [0, 0.1) is 0 Å². The topological polar surface area (TPSA) is 64.6 Å². The predicted octanol–water partition coefficient (Wildman–Crippen LogP) is 2.40. The summed E-state index contributed by atoms with van der Waals surface area (Å²) in [5.41, 5.74) is 2.74. The minimum absolute atomic E-state index is 0.00852. The minimum atomic E-state index is 0.00852. The number of ether oxygens (including phenoxy) is 2. The van der Waals surface area contributed by atoms with Crippen LogP contribution in [0.15, 0.2) is 30.7 Å². The highest BCUT2D eigenvalue weighted by Gasteiger charge is 2.43. The van der Waals surface area contributed by atoms with E-state index in [9.17, 15) is 4.79 Å². The lowest BCUT2D eigenvalue weighted by Crippen LogP contribution is -2.42. The number of hydrogen-bond donors (Lipinski definition) is 0. The van der Waals surface area contributed by atoms with E-state index in [4.69, 9.17) is 9.47 Å². The van der Waals surface area contributed by atoms with Gasteiger partial charge in [0.15, 0.2) is 0 Å². The van der Waals surface area contributed by atoms with Crippen molar-refractivity contribution < 1.29 is 14.3 Å². The van der Waals surface area contributed by atoms with Crippen molar-refractivity contribution in [2.24, 2.45) is 0 Å². The Morgan fingerprint density at radius 2 is 1.92 bits per heavy atom. The Morgan fingerprint density at radius 3 is 2.62 bits per heavy atom. The normalized spacial score (nSPS) is 21.3. The molecule has 0 saturated carbocycles. The maximum atomic E-state index is 13.2. The van der Waals surface area contributed by atoms with Crippen molar-refractivity contribution in [1.29, 1.82) is 0 Å². The van der Waals surface area contributed by atoms with Gasteiger partial charge in [0.1, 0.15) is 17.8 Å². The van der Waals surface area contributed by atoms with Crippen molar-refractivity contribution in [2.45, 2.75) is 31.3 Å². The molecule has 6 heteroatoms. The SMILES string of the molecule is COc1cc(OC)cc(C(=O)N2C3CCC2c2cncnc2C3)c1. The Balaban J connectivity index is 1.71. The number of rotatable bonds is 3. The van der Waals surface area contributed by atoms with Crippen LogP contribution in [0.25, 0.3) is 0 Å². The fraction of sp³-hybridized carbons (Fsp3) is 0.389. The van der Waals surface area contributed by atoms with Crippen molar-refractivity contribution in [2.75, 3.05) is 14.2 Å². The summed E-state index contributed by atoms with van der Waals surface area (Å²) in [7, 11) is 3.17. The summed E-state index contributed by atoms with van der Waals surface area (Å²) in [6.45, 7) is 0. The van der Waals surface area contributed by atoms with Crippen LogP contribution in [-0.4, -0.2) is 41.0 Å². The van der Waals surface area contributed by atoms with Gasteiger partial charge in [-0.3, -0.25) is 4.79 Å². The van der Waals surface area contributed by atoms with E-state index >= 15 is 0 Å². The van der Waals surface area contributed by atoms with Gasteiger partial charge in [0, 0.05) is 35.9 Å². The van der Waals surface area contributed by atoms with E-state index in [1.54, 1.807) is 38.7 Å². The van der Waals surface area contributed by atoms with Gasteiger partial charge < -0.3 is 14.4 Å². The smallest absolute Gasteiger partial charge is 0.254 e. The molecule has 1 amide bonds. The Hall–Kier alpha value is -2.63. The average molecular weight is 325 g/mol. The summed E-state index contributed by atoms with van der Waals surface area (Å²) in [5.74, 6) is 1.24. The second-order valence-corrected chi connectivity index (χ2v) is 6.19. The predicted molar refractivity (Wildman–Crippen MR) is 87.2 cm³/mol. The van der Waals surface area contributed by atoms with Crippen LogP contribution >= 0.6 is 0 Å². The molecular formula is C18H19N3O3. The van der Waals surface area contributed by atoms with Gasteiger partial charge in [-0.25, -0.2) is 9.97 Å². The number of amides is 1. The zero-order valence-corrected chi connectivity index (χ0v) is 13.7. The summed E-state index contributed by atoms with van der Waals surface area (Å²) in [5, 5.41) is 0. The molecule has 4 rings (SSSR count). The number of carbonyl (C=O) groups excluding carboxylic acids is 1. The molecular weight excluding hydrogens is 306 g/mol. The fourth-order valence-electron chi connectivity index (χ4n) is 3.81. The zero-order valence-electron chi connectivity index (χ0n) is 13.7. The highest BCUT2D eigenvalue weighted by atomic mass is 16.5. The number of methoxy groups -OCH3 is 2. The molecule has 0 N–H and O–H groups in total. The quantitative estimate of drug-likeness (QED) is 0.867. The third-order valence-electron chi connectivity index (χ3n) is 4.95. The molecule has 1 fully saturated rings. The van der Waals surface area contributed by atoms with Crippen LogP contribution in [0.2, 0.25) is 0 Å². The number of benzene rings is 1. The first-order valence-electron chi connectivity index (χ1n) is 8.05. The van der Waals surface area contributed by atoms with Crippen molar-refractivity contribution in [3.8, 4) is 11.5 Å². The third-order valence-corrected chi connectivity index (χ3v) is 4.95. The summed E-state index contributed by atoms with van der Waals surface area (Å²) in [4.78, 5) is 23.7. The van der Waals surface area contributed by atoms with Crippen LogP contribution in [-0.2, 0) is 6.42 Å². The van der Waals surface area contributed by atoms with Crippen LogP contribution in [0.3, 0.4) is 0 Å². The van der Waals surface area contributed by atoms with Gasteiger partial charge in [-0.15, -0.1) is 0 Å². The molecule has 1 saturated heterocycles. The highest BCUT2D eigenvalue weighted by Crippen LogP contribution is 2.43. The Bertz CT molecular complexity index is 771. The Morgan fingerprint density at radius 1 is 1.17 bits per heavy atom.